The van der Waals surface area contributed by atoms with Crippen LogP contribution in [0.5, 0.6) is 0 Å². The molecule has 0 spiro atoms. The van der Waals surface area contributed by atoms with E-state index >= 15 is 0 Å². The second-order valence-corrected chi connectivity index (χ2v) is 8.91. The van der Waals surface area contributed by atoms with E-state index < -0.39 is 18.0 Å². The largest absolute Gasteiger partial charge is 0.465 e. The molecular formula is C25H21ClN2O5S. The van der Waals surface area contributed by atoms with E-state index in [1.807, 2.05) is 0 Å². The number of aromatic nitrogens is 1. The van der Waals surface area contributed by atoms with Gasteiger partial charge >= 0.3 is 11.9 Å². The Labute approximate surface area is 204 Å². The number of methoxy groups -OCH3 is 1. The lowest BCUT2D eigenvalue weighted by Gasteiger charge is -2.24. The third-order valence-electron chi connectivity index (χ3n) is 5.33. The molecule has 0 radical (unpaired) electrons. The average molecular weight is 497 g/mol. The van der Waals surface area contributed by atoms with E-state index in [-0.39, 0.29) is 12.2 Å². The van der Waals surface area contributed by atoms with Gasteiger partial charge in [0.05, 0.1) is 41.1 Å². The maximum absolute atomic E-state index is 13.5. The van der Waals surface area contributed by atoms with Gasteiger partial charge in [-0.2, -0.15) is 0 Å². The highest BCUT2D eigenvalue weighted by Crippen LogP contribution is 2.31. The number of fused-ring (bicyclic) bond motifs is 1. The number of hydrogen-bond acceptors (Lipinski definition) is 7. The van der Waals surface area contributed by atoms with Crippen LogP contribution in [-0.4, -0.2) is 30.2 Å². The van der Waals surface area contributed by atoms with Gasteiger partial charge in [0.1, 0.15) is 0 Å². The third-order valence-corrected chi connectivity index (χ3v) is 6.57. The normalized spacial score (nSPS) is 15.5. The number of ether oxygens (including phenoxy) is 2. The summed E-state index contributed by atoms with van der Waals surface area (Å²) >= 11 is 7.30. The van der Waals surface area contributed by atoms with Crippen molar-refractivity contribution in [3.05, 3.63) is 101 Å². The van der Waals surface area contributed by atoms with E-state index in [4.69, 9.17) is 21.1 Å². The molecule has 0 unspecified atom stereocenters. The number of carbonyl (C=O) groups is 2. The smallest absolute Gasteiger partial charge is 0.338 e. The molecule has 1 aliphatic heterocycles. The van der Waals surface area contributed by atoms with Crippen molar-refractivity contribution in [1.82, 2.24) is 4.57 Å². The topological polar surface area (TPSA) is 87.0 Å². The molecule has 34 heavy (non-hydrogen) atoms. The Morgan fingerprint density at radius 1 is 1.12 bits per heavy atom. The van der Waals surface area contributed by atoms with Gasteiger partial charge in [-0.15, -0.1) is 0 Å². The molecule has 0 bridgehead atoms. The Morgan fingerprint density at radius 2 is 1.79 bits per heavy atom. The van der Waals surface area contributed by atoms with Gasteiger partial charge in [0, 0.05) is 5.02 Å². The maximum Gasteiger partial charge on any atom is 0.338 e. The van der Waals surface area contributed by atoms with Crippen LogP contribution in [0.3, 0.4) is 0 Å². The van der Waals surface area contributed by atoms with Crippen LogP contribution in [-0.2, 0) is 14.3 Å². The fraction of sp³-hybridized carbons (Fsp3) is 0.200. The number of esters is 2. The molecule has 0 N–H and O–H groups in total. The fourth-order valence-electron chi connectivity index (χ4n) is 3.74. The van der Waals surface area contributed by atoms with Crippen LogP contribution in [0.2, 0.25) is 5.02 Å². The first-order chi connectivity index (χ1) is 16.3. The molecule has 174 valence electrons. The monoisotopic (exact) mass is 496 g/mol. The van der Waals surface area contributed by atoms with E-state index in [1.165, 1.54) is 23.0 Å². The van der Waals surface area contributed by atoms with E-state index in [2.05, 4.69) is 4.99 Å². The average Bonchev–Trinajstić information content (AvgIpc) is 3.13. The summed E-state index contributed by atoms with van der Waals surface area (Å²) in [5, 5.41) is 0.546. The van der Waals surface area contributed by atoms with Crippen LogP contribution in [0.15, 0.2) is 69.6 Å². The summed E-state index contributed by atoms with van der Waals surface area (Å²) in [5.41, 5.74) is 2.40. The summed E-state index contributed by atoms with van der Waals surface area (Å²) in [5.74, 6) is -0.952. The molecule has 9 heteroatoms. The number of thiazole rings is 1. The molecule has 2 heterocycles. The molecule has 4 rings (SSSR count). The predicted molar refractivity (Wildman–Crippen MR) is 130 cm³/mol. The molecular weight excluding hydrogens is 476 g/mol. The molecule has 0 saturated heterocycles. The van der Waals surface area contributed by atoms with Crippen molar-refractivity contribution in [2.24, 2.45) is 4.99 Å². The Bertz CT molecular complexity index is 1470. The summed E-state index contributed by atoms with van der Waals surface area (Å²) in [6.07, 6.45) is 1.73. The zero-order valence-electron chi connectivity index (χ0n) is 18.7. The summed E-state index contributed by atoms with van der Waals surface area (Å²) in [6.45, 7) is 3.67. The molecule has 1 aromatic heterocycles. The fourth-order valence-corrected chi connectivity index (χ4v) is 4.91. The first-order valence-corrected chi connectivity index (χ1v) is 11.7. The van der Waals surface area contributed by atoms with Gasteiger partial charge in [-0.05, 0) is 55.3 Å². The molecule has 1 aliphatic rings. The number of benzene rings is 2. The highest BCUT2D eigenvalue weighted by Gasteiger charge is 2.33. The number of nitrogens with zero attached hydrogens (tertiary/aromatic N) is 2. The number of allylic oxidation sites excluding steroid dienone is 1. The molecule has 0 fully saturated rings. The zero-order chi connectivity index (χ0) is 24.4. The third kappa shape index (κ3) is 4.47. The van der Waals surface area contributed by atoms with Crippen molar-refractivity contribution in [2.45, 2.75) is 19.9 Å². The minimum Gasteiger partial charge on any atom is -0.465 e. The molecule has 0 aliphatic carbocycles. The second kappa shape index (κ2) is 9.79. The lowest BCUT2D eigenvalue weighted by atomic mass is 9.96. The number of hydrogen-bond donors (Lipinski definition) is 0. The minimum absolute atomic E-state index is 0.203. The standard InChI is InChI=1S/C25H21ClN2O5S/c1-4-33-24(31)20-14(2)27-25-28(21(20)16-9-11-18(26)12-10-16)22(29)19(34-25)13-15-5-7-17(8-6-15)23(30)32-3/h5-13,21H,4H2,1-3H3/b19-13-/t21-/m1/s1. The second-order valence-electron chi connectivity index (χ2n) is 7.47. The van der Waals surface area contributed by atoms with E-state index in [1.54, 1.807) is 68.5 Å². The van der Waals surface area contributed by atoms with Gasteiger partial charge in [-0.3, -0.25) is 9.36 Å². The van der Waals surface area contributed by atoms with Crippen LogP contribution in [0.1, 0.15) is 41.4 Å². The van der Waals surface area contributed by atoms with Crippen LogP contribution in [0.25, 0.3) is 6.08 Å². The Kier molecular flexibility index (Phi) is 6.81. The minimum atomic E-state index is -0.698. The molecule has 7 nitrogen and oxygen atoms in total. The van der Waals surface area contributed by atoms with Crippen LogP contribution < -0.4 is 14.9 Å². The molecule has 0 amide bonds. The van der Waals surface area contributed by atoms with Gasteiger partial charge in [-0.1, -0.05) is 47.2 Å². The van der Waals surface area contributed by atoms with Gasteiger partial charge in [0.25, 0.3) is 5.56 Å². The summed E-state index contributed by atoms with van der Waals surface area (Å²) in [6, 6.07) is 13.0. The van der Waals surface area contributed by atoms with Crippen molar-refractivity contribution in [1.29, 1.82) is 0 Å². The van der Waals surface area contributed by atoms with Crippen molar-refractivity contribution >= 4 is 41.0 Å². The van der Waals surface area contributed by atoms with Gasteiger partial charge < -0.3 is 9.47 Å². The number of rotatable bonds is 5. The lowest BCUT2D eigenvalue weighted by Crippen LogP contribution is -2.39. The van der Waals surface area contributed by atoms with Crippen molar-refractivity contribution in [3.63, 3.8) is 0 Å². The zero-order valence-corrected chi connectivity index (χ0v) is 20.3. The molecule has 2 aromatic carbocycles. The van der Waals surface area contributed by atoms with Crippen LogP contribution in [0, 0.1) is 0 Å². The van der Waals surface area contributed by atoms with Gasteiger partial charge in [0.2, 0.25) is 0 Å². The van der Waals surface area contributed by atoms with Crippen LogP contribution >= 0.6 is 22.9 Å². The Balaban J connectivity index is 1.87. The lowest BCUT2D eigenvalue weighted by molar-refractivity contribution is -0.139. The van der Waals surface area contributed by atoms with Crippen molar-refractivity contribution < 1.29 is 19.1 Å². The Morgan fingerprint density at radius 3 is 2.41 bits per heavy atom. The molecule has 3 aromatic rings. The summed E-state index contributed by atoms with van der Waals surface area (Å²) in [7, 11) is 1.32. The Hall–Kier alpha value is -3.49. The van der Waals surface area contributed by atoms with Gasteiger partial charge in [-0.25, -0.2) is 14.6 Å². The SMILES string of the molecule is CCOC(=O)C1=C(C)N=c2s/c(=C\c3ccc(C(=O)OC)cc3)c(=O)n2[C@@H]1c1ccc(Cl)cc1. The summed E-state index contributed by atoms with van der Waals surface area (Å²) < 4.78 is 12.0. The van der Waals surface area contributed by atoms with Crippen molar-refractivity contribution in [2.75, 3.05) is 13.7 Å². The quantitative estimate of drug-likeness (QED) is 0.506. The van der Waals surface area contributed by atoms with E-state index in [9.17, 15) is 14.4 Å². The first kappa shape index (κ1) is 23.7. The number of halogens is 1. The highest BCUT2D eigenvalue weighted by molar-refractivity contribution is 7.07. The molecule has 1 atom stereocenters. The first-order valence-electron chi connectivity index (χ1n) is 10.5. The molecule has 0 saturated carbocycles. The summed E-state index contributed by atoms with van der Waals surface area (Å²) in [4.78, 5) is 43.1. The highest BCUT2D eigenvalue weighted by atomic mass is 35.5. The van der Waals surface area contributed by atoms with Gasteiger partial charge in [0.15, 0.2) is 4.80 Å². The van der Waals surface area contributed by atoms with Crippen molar-refractivity contribution in [3.8, 4) is 0 Å². The number of carbonyl (C=O) groups excluding carboxylic acids is 2. The maximum atomic E-state index is 13.5. The predicted octanol–water partition coefficient (Wildman–Crippen LogP) is 3.24. The van der Waals surface area contributed by atoms with E-state index in [0.29, 0.717) is 31.2 Å². The van der Waals surface area contributed by atoms with Crippen LogP contribution in [0.4, 0.5) is 0 Å². The van der Waals surface area contributed by atoms with E-state index in [0.717, 1.165) is 11.1 Å².